The van der Waals surface area contributed by atoms with Crippen molar-refractivity contribution in [3.63, 3.8) is 0 Å². The third kappa shape index (κ3) is 3.05. The summed E-state index contributed by atoms with van der Waals surface area (Å²) < 4.78 is 0. The van der Waals surface area contributed by atoms with Crippen LogP contribution in [-0.4, -0.2) is 12.8 Å². The number of carbonyl (C=O) groups is 1. The normalized spacial score (nSPS) is 9.92. The smallest absolute Gasteiger partial charge is 0.133 e. The molecule has 0 fully saturated rings. The molecule has 0 unspecified atom stereocenters. The van der Waals surface area contributed by atoms with Gasteiger partial charge in [0.1, 0.15) is 6.29 Å². The Morgan fingerprint density at radius 3 is 2.92 bits per heavy atom. The van der Waals surface area contributed by atoms with Crippen LogP contribution in [-0.2, 0) is 11.3 Å². The van der Waals surface area contributed by atoms with Gasteiger partial charge in [0, 0.05) is 17.3 Å². The summed E-state index contributed by atoms with van der Waals surface area (Å²) in [6, 6.07) is 5.31. The summed E-state index contributed by atoms with van der Waals surface area (Å²) in [6.07, 6.45) is 0.812. The van der Waals surface area contributed by atoms with Gasteiger partial charge in [-0.15, -0.1) is 0 Å². The maximum Gasteiger partial charge on any atom is 0.133 e. The summed E-state index contributed by atoms with van der Waals surface area (Å²) in [4.78, 5) is 10.0. The molecule has 1 aromatic rings. The molecule has 13 heavy (non-hydrogen) atoms. The standard InChI is InChI=1S/C9H11ClN2O/c10-8-2-1-7(9(11)5-8)6-12-3-4-13/h1-2,4-5,12H,3,6,11H2. The van der Waals surface area contributed by atoms with Crippen molar-refractivity contribution < 1.29 is 4.79 Å². The summed E-state index contributed by atoms with van der Waals surface area (Å²) >= 11 is 5.72. The lowest BCUT2D eigenvalue weighted by atomic mass is 10.2. The van der Waals surface area contributed by atoms with E-state index in [1.54, 1.807) is 12.1 Å². The first-order chi connectivity index (χ1) is 6.24. The zero-order chi connectivity index (χ0) is 9.68. The number of aldehydes is 1. The van der Waals surface area contributed by atoms with Crippen molar-refractivity contribution in [3.8, 4) is 0 Å². The van der Waals surface area contributed by atoms with E-state index in [-0.39, 0.29) is 0 Å². The number of anilines is 1. The predicted molar refractivity (Wildman–Crippen MR) is 53.6 cm³/mol. The van der Waals surface area contributed by atoms with Crippen LogP contribution < -0.4 is 11.1 Å². The van der Waals surface area contributed by atoms with Crippen LogP contribution in [0, 0.1) is 0 Å². The van der Waals surface area contributed by atoms with Gasteiger partial charge in [0.25, 0.3) is 0 Å². The van der Waals surface area contributed by atoms with Gasteiger partial charge in [0.2, 0.25) is 0 Å². The van der Waals surface area contributed by atoms with E-state index in [1.165, 1.54) is 0 Å². The maximum absolute atomic E-state index is 10.0. The molecule has 3 nitrogen and oxygen atoms in total. The number of hydrogen-bond acceptors (Lipinski definition) is 3. The van der Waals surface area contributed by atoms with E-state index in [4.69, 9.17) is 17.3 Å². The molecule has 0 bridgehead atoms. The Balaban J connectivity index is 2.61. The van der Waals surface area contributed by atoms with Gasteiger partial charge < -0.3 is 15.8 Å². The van der Waals surface area contributed by atoms with Gasteiger partial charge in [-0.1, -0.05) is 17.7 Å². The van der Waals surface area contributed by atoms with Gasteiger partial charge in [0.05, 0.1) is 6.54 Å². The minimum Gasteiger partial charge on any atom is -0.398 e. The monoisotopic (exact) mass is 198 g/mol. The molecule has 0 radical (unpaired) electrons. The Morgan fingerprint density at radius 2 is 2.31 bits per heavy atom. The molecule has 3 N–H and O–H groups in total. The molecule has 0 saturated carbocycles. The van der Waals surface area contributed by atoms with Gasteiger partial charge in [0.15, 0.2) is 0 Å². The Hall–Kier alpha value is -1.06. The second-order valence-corrected chi connectivity index (χ2v) is 3.08. The van der Waals surface area contributed by atoms with Crippen LogP contribution in [0.3, 0.4) is 0 Å². The average Bonchev–Trinajstić information content (AvgIpc) is 2.09. The van der Waals surface area contributed by atoms with E-state index < -0.39 is 0 Å². The van der Waals surface area contributed by atoms with Crippen LogP contribution in [0.4, 0.5) is 5.69 Å². The van der Waals surface area contributed by atoms with E-state index >= 15 is 0 Å². The topological polar surface area (TPSA) is 55.1 Å². The lowest BCUT2D eigenvalue weighted by Gasteiger charge is -2.05. The number of hydrogen-bond donors (Lipinski definition) is 2. The van der Waals surface area contributed by atoms with Gasteiger partial charge in [-0.2, -0.15) is 0 Å². The van der Waals surface area contributed by atoms with E-state index in [0.29, 0.717) is 23.8 Å². The molecule has 0 heterocycles. The van der Waals surface area contributed by atoms with Crippen molar-refractivity contribution in [2.24, 2.45) is 0 Å². The summed E-state index contributed by atoms with van der Waals surface area (Å²) in [7, 11) is 0. The van der Waals surface area contributed by atoms with Crippen molar-refractivity contribution in [2.75, 3.05) is 12.3 Å². The Kier molecular flexibility index (Phi) is 3.73. The van der Waals surface area contributed by atoms with Crippen molar-refractivity contribution >= 4 is 23.6 Å². The average molecular weight is 199 g/mol. The first kappa shape index (κ1) is 10.0. The lowest BCUT2D eigenvalue weighted by molar-refractivity contribution is -0.107. The molecular weight excluding hydrogens is 188 g/mol. The van der Waals surface area contributed by atoms with Gasteiger partial charge >= 0.3 is 0 Å². The highest BCUT2D eigenvalue weighted by atomic mass is 35.5. The SMILES string of the molecule is Nc1cc(Cl)ccc1CNCC=O. The second-order valence-electron chi connectivity index (χ2n) is 2.64. The number of nitrogens with one attached hydrogen (secondary N) is 1. The number of rotatable bonds is 4. The molecule has 0 spiro atoms. The zero-order valence-electron chi connectivity index (χ0n) is 7.09. The van der Waals surface area contributed by atoms with E-state index in [1.807, 2.05) is 6.07 Å². The Labute approximate surface area is 81.9 Å². The van der Waals surface area contributed by atoms with Crippen molar-refractivity contribution in [3.05, 3.63) is 28.8 Å². The first-order valence-electron chi connectivity index (χ1n) is 3.92. The predicted octanol–water partition coefficient (Wildman–Crippen LogP) is 1.21. The highest BCUT2D eigenvalue weighted by Gasteiger charge is 1.98. The van der Waals surface area contributed by atoms with Gasteiger partial charge in [-0.05, 0) is 17.7 Å². The summed E-state index contributed by atoms with van der Waals surface area (Å²) in [5.74, 6) is 0. The van der Waals surface area contributed by atoms with Crippen LogP contribution in [0.25, 0.3) is 0 Å². The molecule has 0 saturated heterocycles. The molecule has 1 aromatic carbocycles. The van der Waals surface area contributed by atoms with Crippen LogP contribution in [0.1, 0.15) is 5.56 Å². The fraction of sp³-hybridized carbons (Fsp3) is 0.222. The number of nitrogens with two attached hydrogens (primary N) is 1. The Bertz CT molecular complexity index is 302. The summed E-state index contributed by atoms with van der Waals surface area (Å²) in [5.41, 5.74) is 7.29. The molecule has 70 valence electrons. The molecule has 0 atom stereocenters. The van der Waals surface area contributed by atoms with Crippen LogP contribution in [0.15, 0.2) is 18.2 Å². The molecule has 0 aromatic heterocycles. The zero-order valence-corrected chi connectivity index (χ0v) is 7.84. The molecule has 1 rings (SSSR count). The minimum atomic E-state index is 0.335. The molecular formula is C9H11ClN2O. The first-order valence-corrected chi connectivity index (χ1v) is 4.30. The fourth-order valence-electron chi connectivity index (χ4n) is 0.993. The summed E-state index contributed by atoms with van der Waals surface area (Å²) in [6.45, 7) is 0.920. The van der Waals surface area contributed by atoms with Gasteiger partial charge in [-0.3, -0.25) is 0 Å². The van der Waals surface area contributed by atoms with Gasteiger partial charge in [-0.25, -0.2) is 0 Å². The third-order valence-corrected chi connectivity index (χ3v) is 1.89. The molecule has 4 heteroatoms. The van der Waals surface area contributed by atoms with Crippen LogP contribution in [0.5, 0.6) is 0 Å². The van der Waals surface area contributed by atoms with Crippen molar-refractivity contribution in [2.45, 2.75) is 6.54 Å². The van der Waals surface area contributed by atoms with Crippen molar-refractivity contribution in [1.29, 1.82) is 0 Å². The Morgan fingerprint density at radius 1 is 1.54 bits per heavy atom. The minimum absolute atomic E-state index is 0.335. The number of nitrogen functional groups attached to an aromatic ring is 1. The maximum atomic E-state index is 10.0. The molecule has 0 amide bonds. The highest BCUT2D eigenvalue weighted by Crippen LogP contribution is 2.17. The largest absolute Gasteiger partial charge is 0.398 e. The quantitative estimate of drug-likeness (QED) is 0.435. The lowest BCUT2D eigenvalue weighted by Crippen LogP contribution is -2.16. The fourth-order valence-corrected chi connectivity index (χ4v) is 1.17. The highest BCUT2D eigenvalue weighted by molar-refractivity contribution is 6.30. The van der Waals surface area contributed by atoms with Crippen molar-refractivity contribution in [1.82, 2.24) is 5.32 Å². The van der Waals surface area contributed by atoms with E-state index in [9.17, 15) is 4.79 Å². The molecule has 0 aliphatic rings. The summed E-state index contributed by atoms with van der Waals surface area (Å²) in [5, 5.41) is 3.54. The molecule has 0 aliphatic heterocycles. The number of carbonyl (C=O) groups excluding carboxylic acids is 1. The number of halogens is 1. The third-order valence-electron chi connectivity index (χ3n) is 1.65. The van der Waals surface area contributed by atoms with Crippen LogP contribution in [0.2, 0.25) is 5.02 Å². The number of benzene rings is 1. The molecule has 0 aliphatic carbocycles. The van der Waals surface area contributed by atoms with E-state index in [2.05, 4.69) is 5.32 Å². The second kappa shape index (κ2) is 4.84. The van der Waals surface area contributed by atoms with Crippen LogP contribution >= 0.6 is 11.6 Å². The van der Waals surface area contributed by atoms with E-state index in [0.717, 1.165) is 11.8 Å².